The lowest BCUT2D eigenvalue weighted by Crippen LogP contribution is -2.52. The van der Waals surface area contributed by atoms with Gasteiger partial charge in [-0.05, 0) is 56.5 Å². The average Bonchev–Trinajstić information content (AvgIpc) is 3.30. The van der Waals surface area contributed by atoms with Crippen molar-refractivity contribution in [1.29, 1.82) is 0 Å². The topological polar surface area (TPSA) is 86.8 Å². The molecular formula is C25H32ClN3O4S. The molecule has 184 valence electrons. The highest BCUT2D eigenvalue weighted by Gasteiger charge is 2.31. The van der Waals surface area contributed by atoms with Crippen LogP contribution in [0.5, 0.6) is 0 Å². The number of amides is 2. The Morgan fingerprint density at radius 3 is 2.38 bits per heavy atom. The number of hydrogen-bond acceptors (Lipinski definition) is 4. The van der Waals surface area contributed by atoms with Crippen LogP contribution in [-0.4, -0.2) is 55.1 Å². The lowest BCUT2D eigenvalue weighted by molar-refractivity contribution is -0.140. The fourth-order valence-corrected chi connectivity index (χ4v) is 5.38. The molecule has 1 aliphatic carbocycles. The van der Waals surface area contributed by atoms with Gasteiger partial charge in [0.05, 0.1) is 11.4 Å². The number of carbonyl (C=O) groups excluding carboxylic acids is 2. The molecule has 9 heteroatoms. The van der Waals surface area contributed by atoms with Gasteiger partial charge in [0.1, 0.15) is 6.04 Å². The first-order chi connectivity index (χ1) is 16.1. The monoisotopic (exact) mass is 505 g/mol. The average molecular weight is 506 g/mol. The number of halogens is 1. The molecule has 7 nitrogen and oxygen atoms in total. The van der Waals surface area contributed by atoms with Gasteiger partial charge in [-0.25, -0.2) is 8.42 Å². The third kappa shape index (κ3) is 6.58. The predicted octanol–water partition coefficient (Wildman–Crippen LogP) is 3.75. The zero-order chi connectivity index (χ0) is 24.9. The molecule has 0 unspecified atom stereocenters. The standard InChI is InChI=1S/C25H32ClN3O4S/c1-18-7-6-8-20(15-18)16-29(19(2)25(31)27-22-9-4-5-10-22)24(30)17-28(3)34(32,33)23-13-11-21(26)12-14-23/h6-8,11-15,19,22H,4-5,9-10,16-17H2,1-3H3,(H,27,31)/t19-/m0/s1. The summed E-state index contributed by atoms with van der Waals surface area (Å²) < 4.78 is 26.9. The Bertz CT molecular complexity index is 1120. The number of hydrogen-bond donors (Lipinski definition) is 1. The van der Waals surface area contributed by atoms with E-state index in [2.05, 4.69) is 5.32 Å². The van der Waals surface area contributed by atoms with Crippen LogP contribution in [0, 0.1) is 6.92 Å². The molecule has 0 bridgehead atoms. The molecule has 0 aliphatic heterocycles. The second-order valence-electron chi connectivity index (χ2n) is 8.89. The smallest absolute Gasteiger partial charge is 0.243 e. The highest BCUT2D eigenvalue weighted by atomic mass is 35.5. The summed E-state index contributed by atoms with van der Waals surface area (Å²) in [6.07, 6.45) is 4.04. The molecule has 0 spiro atoms. The van der Waals surface area contributed by atoms with Gasteiger partial charge in [-0.1, -0.05) is 54.3 Å². The molecule has 1 saturated carbocycles. The fraction of sp³-hybridized carbons (Fsp3) is 0.440. The van der Waals surface area contributed by atoms with E-state index in [9.17, 15) is 18.0 Å². The number of sulfonamides is 1. The normalized spacial score (nSPS) is 15.3. The molecule has 0 saturated heterocycles. The number of carbonyl (C=O) groups is 2. The highest BCUT2D eigenvalue weighted by Crippen LogP contribution is 2.20. The van der Waals surface area contributed by atoms with Crippen molar-refractivity contribution in [2.45, 2.75) is 63.1 Å². The number of nitrogens with one attached hydrogen (secondary N) is 1. The molecule has 3 rings (SSSR count). The van der Waals surface area contributed by atoms with Crippen molar-refractivity contribution in [2.24, 2.45) is 0 Å². The Morgan fingerprint density at radius 2 is 1.76 bits per heavy atom. The maximum absolute atomic E-state index is 13.4. The van der Waals surface area contributed by atoms with Gasteiger partial charge in [-0.15, -0.1) is 0 Å². The van der Waals surface area contributed by atoms with Crippen LogP contribution >= 0.6 is 11.6 Å². The van der Waals surface area contributed by atoms with Gasteiger partial charge in [-0.2, -0.15) is 4.31 Å². The maximum Gasteiger partial charge on any atom is 0.243 e. The van der Waals surface area contributed by atoms with Gasteiger partial charge >= 0.3 is 0 Å². The summed E-state index contributed by atoms with van der Waals surface area (Å²) in [6.45, 7) is 3.45. The van der Waals surface area contributed by atoms with Crippen LogP contribution in [0.3, 0.4) is 0 Å². The molecule has 34 heavy (non-hydrogen) atoms. The summed E-state index contributed by atoms with van der Waals surface area (Å²) in [5.41, 5.74) is 1.91. The molecule has 1 N–H and O–H groups in total. The zero-order valence-electron chi connectivity index (χ0n) is 19.8. The van der Waals surface area contributed by atoms with E-state index in [0.29, 0.717) is 5.02 Å². The first-order valence-corrected chi connectivity index (χ1v) is 13.3. The van der Waals surface area contributed by atoms with Gasteiger partial charge < -0.3 is 10.2 Å². The number of likely N-dealkylation sites (N-methyl/N-ethyl adjacent to an activating group) is 1. The van der Waals surface area contributed by atoms with Gasteiger partial charge in [0.15, 0.2) is 0 Å². The number of nitrogens with zero attached hydrogens (tertiary/aromatic N) is 2. The van der Waals surface area contributed by atoms with Gasteiger partial charge in [0.2, 0.25) is 21.8 Å². The van der Waals surface area contributed by atoms with E-state index in [0.717, 1.165) is 41.1 Å². The van der Waals surface area contributed by atoms with Crippen LogP contribution in [0.2, 0.25) is 5.02 Å². The Morgan fingerprint density at radius 1 is 1.12 bits per heavy atom. The van der Waals surface area contributed by atoms with E-state index >= 15 is 0 Å². The fourth-order valence-electron chi connectivity index (χ4n) is 4.13. The van der Waals surface area contributed by atoms with E-state index < -0.39 is 28.5 Å². The Balaban J connectivity index is 1.79. The highest BCUT2D eigenvalue weighted by molar-refractivity contribution is 7.89. The molecule has 0 heterocycles. The van der Waals surface area contributed by atoms with Crippen LogP contribution in [0.1, 0.15) is 43.7 Å². The lowest BCUT2D eigenvalue weighted by atomic mass is 10.1. The van der Waals surface area contributed by atoms with Crippen molar-refractivity contribution in [3.8, 4) is 0 Å². The first kappa shape index (κ1) is 26.2. The van der Waals surface area contributed by atoms with Crippen LogP contribution in [0.25, 0.3) is 0 Å². The van der Waals surface area contributed by atoms with Crippen LogP contribution in [0.15, 0.2) is 53.4 Å². The molecule has 1 fully saturated rings. The van der Waals surface area contributed by atoms with E-state index in [4.69, 9.17) is 11.6 Å². The van der Waals surface area contributed by atoms with Crippen LogP contribution in [0.4, 0.5) is 0 Å². The Kier molecular flexibility index (Phi) is 8.73. The molecule has 0 aromatic heterocycles. The molecule has 2 aromatic carbocycles. The third-order valence-corrected chi connectivity index (χ3v) is 8.25. The van der Waals surface area contributed by atoms with E-state index in [1.165, 1.54) is 36.2 Å². The van der Waals surface area contributed by atoms with Gasteiger partial charge in [0, 0.05) is 24.7 Å². The molecule has 0 radical (unpaired) electrons. The Hall–Kier alpha value is -2.42. The minimum atomic E-state index is -3.90. The largest absolute Gasteiger partial charge is 0.352 e. The van der Waals surface area contributed by atoms with Gasteiger partial charge in [0.25, 0.3) is 0 Å². The number of aryl methyl sites for hydroxylation is 1. The number of rotatable bonds is 9. The minimum Gasteiger partial charge on any atom is -0.352 e. The quantitative estimate of drug-likeness (QED) is 0.562. The van der Waals surface area contributed by atoms with Crippen molar-refractivity contribution in [3.05, 3.63) is 64.7 Å². The van der Waals surface area contributed by atoms with Crippen LogP contribution < -0.4 is 5.32 Å². The molecule has 1 aliphatic rings. The minimum absolute atomic E-state index is 0.0458. The molecule has 2 aromatic rings. The summed E-state index contributed by atoms with van der Waals surface area (Å²) in [5.74, 6) is -0.674. The third-order valence-electron chi connectivity index (χ3n) is 6.18. The lowest BCUT2D eigenvalue weighted by Gasteiger charge is -2.31. The second kappa shape index (κ2) is 11.3. The van der Waals surface area contributed by atoms with Crippen molar-refractivity contribution in [1.82, 2.24) is 14.5 Å². The van der Waals surface area contributed by atoms with Crippen molar-refractivity contribution < 1.29 is 18.0 Å². The summed E-state index contributed by atoms with van der Waals surface area (Å²) >= 11 is 5.87. The molecule has 2 amide bonds. The molecular weight excluding hydrogens is 474 g/mol. The van der Waals surface area contributed by atoms with Gasteiger partial charge in [-0.3, -0.25) is 9.59 Å². The van der Waals surface area contributed by atoms with E-state index in [1.807, 2.05) is 31.2 Å². The SMILES string of the molecule is Cc1cccc(CN(C(=O)CN(C)S(=O)(=O)c2ccc(Cl)cc2)[C@@H](C)C(=O)NC2CCCC2)c1. The maximum atomic E-state index is 13.4. The molecule has 1 atom stereocenters. The zero-order valence-corrected chi connectivity index (χ0v) is 21.4. The first-order valence-electron chi connectivity index (χ1n) is 11.4. The van der Waals surface area contributed by atoms with Crippen molar-refractivity contribution in [3.63, 3.8) is 0 Å². The summed E-state index contributed by atoms with van der Waals surface area (Å²) in [6, 6.07) is 12.9. The second-order valence-corrected chi connectivity index (χ2v) is 11.4. The van der Waals surface area contributed by atoms with Crippen molar-refractivity contribution >= 4 is 33.4 Å². The predicted molar refractivity (Wildman–Crippen MR) is 133 cm³/mol. The Labute approximate surface area is 207 Å². The summed E-state index contributed by atoms with van der Waals surface area (Å²) in [4.78, 5) is 27.9. The summed E-state index contributed by atoms with van der Waals surface area (Å²) in [7, 11) is -2.54. The number of benzene rings is 2. The van der Waals surface area contributed by atoms with Crippen molar-refractivity contribution in [2.75, 3.05) is 13.6 Å². The van der Waals surface area contributed by atoms with E-state index in [-0.39, 0.29) is 23.4 Å². The summed E-state index contributed by atoms with van der Waals surface area (Å²) in [5, 5.41) is 3.47. The van der Waals surface area contributed by atoms with E-state index in [1.54, 1.807) is 6.92 Å². The van der Waals surface area contributed by atoms with Crippen LogP contribution in [-0.2, 0) is 26.2 Å².